The Bertz CT molecular complexity index is 528. The van der Waals surface area contributed by atoms with Gasteiger partial charge in [-0.15, -0.1) is 0 Å². The first-order chi connectivity index (χ1) is 7.11. The lowest BCUT2D eigenvalue weighted by Gasteiger charge is -2.05. The number of hydrogen-bond donors (Lipinski definition) is 0. The maximum atomic E-state index is 5.96. The normalized spacial score (nSPS) is 10.9. The number of nitrogens with zero attached hydrogens (tertiary/aromatic N) is 2. The van der Waals surface area contributed by atoms with Gasteiger partial charge in [0.15, 0.2) is 0 Å². The fourth-order valence-corrected chi connectivity index (χ4v) is 2.73. The molecule has 2 rings (SSSR count). The largest absolute Gasteiger partial charge is 0.232 e. The summed E-state index contributed by atoms with van der Waals surface area (Å²) in [5, 5.41) is 1.59. The molecule has 0 amide bonds. The van der Waals surface area contributed by atoms with Crippen molar-refractivity contribution in [2.75, 3.05) is 0 Å². The van der Waals surface area contributed by atoms with E-state index in [0.29, 0.717) is 5.02 Å². The molecule has 2 nitrogen and oxygen atoms in total. The molecule has 78 valence electrons. The second-order valence-electron chi connectivity index (χ2n) is 3.07. The molecule has 2 aromatic rings. The van der Waals surface area contributed by atoms with E-state index in [0.717, 1.165) is 32.2 Å². The number of fused-ring (bicyclic) bond motifs is 1. The first-order valence-electron chi connectivity index (χ1n) is 4.43. The van der Waals surface area contributed by atoms with Crippen LogP contribution in [0.5, 0.6) is 0 Å². The Labute approximate surface area is 109 Å². The molecule has 0 aliphatic heterocycles. The highest BCUT2D eigenvalue weighted by Gasteiger charge is 2.08. The van der Waals surface area contributed by atoms with Crippen molar-refractivity contribution in [3.05, 3.63) is 32.1 Å². The van der Waals surface area contributed by atoms with E-state index in [-0.39, 0.29) is 0 Å². The highest BCUT2D eigenvalue weighted by atomic mass is 79.9. The topological polar surface area (TPSA) is 25.8 Å². The zero-order valence-corrected chi connectivity index (χ0v) is 11.8. The minimum atomic E-state index is 0.669. The van der Waals surface area contributed by atoms with Gasteiger partial charge in [0.25, 0.3) is 0 Å². The van der Waals surface area contributed by atoms with Crippen molar-refractivity contribution in [3.63, 3.8) is 0 Å². The summed E-state index contributed by atoms with van der Waals surface area (Å²) in [5.41, 5.74) is 0.887. The van der Waals surface area contributed by atoms with Crippen molar-refractivity contribution >= 4 is 54.4 Å². The highest BCUT2D eigenvalue weighted by molar-refractivity contribution is 9.11. The van der Waals surface area contributed by atoms with E-state index >= 15 is 0 Å². The monoisotopic (exact) mass is 348 g/mol. The van der Waals surface area contributed by atoms with Crippen LogP contribution in [0.1, 0.15) is 12.7 Å². The molecule has 5 heteroatoms. The van der Waals surface area contributed by atoms with Gasteiger partial charge in [-0.05, 0) is 44.0 Å². The molecule has 0 saturated heterocycles. The van der Waals surface area contributed by atoms with E-state index in [2.05, 4.69) is 41.8 Å². The zero-order chi connectivity index (χ0) is 11.0. The fraction of sp³-hybridized carbons (Fsp3) is 0.200. The summed E-state index contributed by atoms with van der Waals surface area (Å²) in [4.78, 5) is 8.78. The second kappa shape index (κ2) is 4.36. The van der Waals surface area contributed by atoms with E-state index < -0.39 is 0 Å². The molecule has 0 saturated carbocycles. The number of hydrogen-bond acceptors (Lipinski definition) is 2. The predicted octanol–water partition coefficient (Wildman–Crippen LogP) is 4.37. The number of aryl methyl sites for hydroxylation is 1. The SMILES string of the molecule is CCc1nc(Br)c2cc(Cl)cc(Br)c2n1. The number of benzene rings is 1. The third-order valence-electron chi connectivity index (χ3n) is 2.03. The number of rotatable bonds is 1. The smallest absolute Gasteiger partial charge is 0.130 e. The average Bonchev–Trinajstić information content (AvgIpc) is 2.19. The molecule has 0 atom stereocenters. The van der Waals surface area contributed by atoms with Crippen molar-refractivity contribution in [1.29, 1.82) is 0 Å². The standard InChI is InChI=1S/C10H7Br2ClN2/c1-2-8-14-9-6(10(12)15-8)3-5(13)4-7(9)11/h3-4H,2H2,1H3. The van der Waals surface area contributed by atoms with Crippen LogP contribution in [-0.2, 0) is 6.42 Å². The van der Waals surface area contributed by atoms with Crippen molar-refractivity contribution in [2.45, 2.75) is 13.3 Å². The highest BCUT2D eigenvalue weighted by Crippen LogP contribution is 2.30. The van der Waals surface area contributed by atoms with Crippen LogP contribution in [0.15, 0.2) is 21.2 Å². The van der Waals surface area contributed by atoms with E-state index in [1.807, 2.05) is 19.1 Å². The Morgan fingerprint density at radius 1 is 1.27 bits per heavy atom. The van der Waals surface area contributed by atoms with E-state index in [4.69, 9.17) is 11.6 Å². The summed E-state index contributed by atoms with van der Waals surface area (Å²) >= 11 is 12.8. The molecule has 1 aromatic carbocycles. The molecule has 0 bridgehead atoms. The molecule has 0 aliphatic carbocycles. The second-order valence-corrected chi connectivity index (χ2v) is 5.11. The number of halogens is 3. The van der Waals surface area contributed by atoms with Crippen molar-refractivity contribution in [1.82, 2.24) is 9.97 Å². The van der Waals surface area contributed by atoms with E-state index in [1.54, 1.807) is 0 Å². The maximum absolute atomic E-state index is 5.96. The minimum Gasteiger partial charge on any atom is -0.232 e. The number of aromatic nitrogens is 2. The van der Waals surface area contributed by atoms with Crippen LogP contribution in [0, 0.1) is 0 Å². The molecule has 0 N–H and O–H groups in total. The zero-order valence-electron chi connectivity index (χ0n) is 7.89. The lowest BCUT2D eigenvalue weighted by molar-refractivity contribution is 0.950. The Morgan fingerprint density at radius 3 is 2.67 bits per heavy atom. The predicted molar refractivity (Wildman–Crippen MR) is 69.3 cm³/mol. The van der Waals surface area contributed by atoms with Gasteiger partial charge >= 0.3 is 0 Å². The maximum Gasteiger partial charge on any atom is 0.130 e. The van der Waals surface area contributed by atoms with Gasteiger partial charge in [-0.2, -0.15) is 0 Å². The van der Waals surface area contributed by atoms with Crippen LogP contribution in [0.4, 0.5) is 0 Å². The van der Waals surface area contributed by atoms with Gasteiger partial charge in [0.2, 0.25) is 0 Å². The molecule has 0 unspecified atom stereocenters. The molecule has 1 heterocycles. The molecule has 0 aliphatic rings. The van der Waals surface area contributed by atoms with Gasteiger partial charge in [-0.25, -0.2) is 9.97 Å². The van der Waals surface area contributed by atoms with Gasteiger partial charge in [0, 0.05) is 21.3 Å². The third kappa shape index (κ3) is 2.17. The Hall–Kier alpha value is -0.190. The Kier molecular flexibility index (Phi) is 3.28. The van der Waals surface area contributed by atoms with Crippen LogP contribution in [0.2, 0.25) is 5.02 Å². The van der Waals surface area contributed by atoms with Crippen LogP contribution < -0.4 is 0 Å². The Balaban J connectivity index is 2.85. The molecular weight excluding hydrogens is 343 g/mol. The molecule has 0 spiro atoms. The van der Waals surface area contributed by atoms with Crippen LogP contribution >= 0.6 is 43.5 Å². The van der Waals surface area contributed by atoms with Gasteiger partial charge in [0.05, 0.1) is 5.52 Å². The van der Waals surface area contributed by atoms with Crippen molar-refractivity contribution in [3.8, 4) is 0 Å². The van der Waals surface area contributed by atoms with Gasteiger partial charge in [0.1, 0.15) is 10.4 Å². The summed E-state index contributed by atoms with van der Waals surface area (Å²) in [6, 6.07) is 3.69. The molecule has 1 aromatic heterocycles. The molecular formula is C10H7Br2ClN2. The van der Waals surface area contributed by atoms with Gasteiger partial charge in [-0.3, -0.25) is 0 Å². The van der Waals surface area contributed by atoms with Gasteiger partial charge < -0.3 is 0 Å². The lowest BCUT2D eigenvalue weighted by Crippen LogP contribution is -1.95. The Morgan fingerprint density at radius 2 is 2.00 bits per heavy atom. The molecule has 15 heavy (non-hydrogen) atoms. The summed E-state index contributed by atoms with van der Waals surface area (Å²) < 4.78 is 1.68. The summed E-state index contributed by atoms with van der Waals surface area (Å²) in [5.74, 6) is 0.817. The molecule has 0 fully saturated rings. The van der Waals surface area contributed by atoms with Crippen LogP contribution in [0.3, 0.4) is 0 Å². The van der Waals surface area contributed by atoms with Crippen LogP contribution in [-0.4, -0.2) is 9.97 Å². The molecule has 0 radical (unpaired) electrons. The van der Waals surface area contributed by atoms with Crippen molar-refractivity contribution in [2.24, 2.45) is 0 Å². The van der Waals surface area contributed by atoms with Gasteiger partial charge in [-0.1, -0.05) is 18.5 Å². The van der Waals surface area contributed by atoms with E-state index in [9.17, 15) is 0 Å². The first kappa shape index (κ1) is 11.3. The quantitative estimate of drug-likeness (QED) is 0.714. The van der Waals surface area contributed by atoms with Crippen LogP contribution in [0.25, 0.3) is 10.9 Å². The van der Waals surface area contributed by atoms with Crippen molar-refractivity contribution < 1.29 is 0 Å². The lowest BCUT2D eigenvalue weighted by atomic mass is 10.2. The summed E-state index contributed by atoms with van der Waals surface area (Å²) in [7, 11) is 0. The fourth-order valence-electron chi connectivity index (χ4n) is 1.32. The average molecular weight is 350 g/mol. The third-order valence-corrected chi connectivity index (χ3v) is 3.46. The first-order valence-corrected chi connectivity index (χ1v) is 6.39. The minimum absolute atomic E-state index is 0.669. The summed E-state index contributed by atoms with van der Waals surface area (Å²) in [6.45, 7) is 2.03. The van der Waals surface area contributed by atoms with E-state index in [1.165, 1.54) is 0 Å². The summed E-state index contributed by atoms with van der Waals surface area (Å²) in [6.07, 6.45) is 0.809.